The van der Waals surface area contributed by atoms with Crippen molar-refractivity contribution in [3.8, 4) is 0 Å². The lowest BCUT2D eigenvalue weighted by molar-refractivity contribution is -0.147. The van der Waals surface area contributed by atoms with Gasteiger partial charge in [0.05, 0.1) is 13.2 Å². The monoisotopic (exact) mass is 752 g/mol. The molecule has 0 bridgehead atoms. The highest BCUT2D eigenvalue weighted by atomic mass is 31.2. The van der Waals surface area contributed by atoms with Gasteiger partial charge < -0.3 is 20.1 Å². The summed E-state index contributed by atoms with van der Waals surface area (Å²) in [6, 6.07) is 0. The van der Waals surface area contributed by atoms with E-state index in [0.717, 1.165) is 103 Å². The SMILES string of the molecule is CC/C=C\C/C=C\C/C=C\CCCCCCCC(=O)NCCOP(=O)(O)OCC(O)COC(=O)CCCCCCC/C=C\C/C=C\CCCCCC. The van der Waals surface area contributed by atoms with Crippen molar-refractivity contribution in [1.29, 1.82) is 0 Å². The zero-order valence-corrected chi connectivity index (χ0v) is 33.6. The summed E-state index contributed by atoms with van der Waals surface area (Å²) in [5.74, 6) is -0.552. The first kappa shape index (κ1) is 49.7. The van der Waals surface area contributed by atoms with Gasteiger partial charge in [0.25, 0.3) is 0 Å². The molecule has 0 aromatic heterocycles. The van der Waals surface area contributed by atoms with Crippen LogP contribution in [0.4, 0.5) is 0 Å². The zero-order chi connectivity index (χ0) is 38.2. The maximum atomic E-state index is 12.1. The number of rotatable bonds is 37. The number of allylic oxidation sites excluding steroid dienone is 10. The second-order valence-corrected chi connectivity index (χ2v) is 14.7. The minimum Gasteiger partial charge on any atom is -0.463 e. The number of aliphatic hydroxyl groups excluding tert-OH is 1. The summed E-state index contributed by atoms with van der Waals surface area (Å²) >= 11 is 0. The van der Waals surface area contributed by atoms with Gasteiger partial charge in [0.2, 0.25) is 5.91 Å². The molecule has 0 aliphatic rings. The first-order valence-corrected chi connectivity index (χ1v) is 21.8. The second-order valence-electron chi connectivity index (χ2n) is 13.2. The Morgan fingerprint density at radius 1 is 0.615 bits per heavy atom. The molecule has 1 amide bonds. The average Bonchev–Trinajstić information content (AvgIpc) is 3.13. The molecule has 2 unspecified atom stereocenters. The zero-order valence-electron chi connectivity index (χ0n) is 32.7. The van der Waals surface area contributed by atoms with Crippen molar-refractivity contribution in [2.45, 2.75) is 168 Å². The molecule has 0 saturated carbocycles. The van der Waals surface area contributed by atoms with Crippen LogP contribution in [0.15, 0.2) is 60.8 Å². The number of aliphatic hydroxyl groups is 1. The number of unbranched alkanes of at least 4 members (excludes halogenated alkanes) is 14. The highest BCUT2D eigenvalue weighted by Gasteiger charge is 2.23. The quantitative estimate of drug-likeness (QED) is 0.0247. The van der Waals surface area contributed by atoms with Crippen LogP contribution in [0, 0.1) is 0 Å². The van der Waals surface area contributed by atoms with Gasteiger partial charge in [-0.1, -0.05) is 132 Å². The third-order valence-corrected chi connectivity index (χ3v) is 9.17. The molecule has 0 radical (unpaired) electrons. The number of carbonyl (C=O) groups excluding carboxylic acids is 2. The van der Waals surface area contributed by atoms with E-state index in [2.05, 4.69) is 79.9 Å². The molecule has 9 nitrogen and oxygen atoms in total. The van der Waals surface area contributed by atoms with Gasteiger partial charge in [-0.05, 0) is 77.0 Å². The van der Waals surface area contributed by atoms with Gasteiger partial charge in [-0.3, -0.25) is 18.6 Å². The molecule has 0 saturated heterocycles. The minimum absolute atomic E-state index is 0.0676. The third kappa shape index (κ3) is 38.9. The van der Waals surface area contributed by atoms with Gasteiger partial charge in [-0.25, -0.2) is 4.57 Å². The van der Waals surface area contributed by atoms with Crippen molar-refractivity contribution in [2.24, 2.45) is 0 Å². The molecule has 0 heterocycles. The fourth-order valence-electron chi connectivity index (χ4n) is 5.13. The van der Waals surface area contributed by atoms with Crippen molar-refractivity contribution < 1.29 is 37.9 Å². The first-order valence-electron chi connectivity index (χ1n) is 20.3. The molecule has 0 aliphatic heterocycles. The van der Waals surface area contributed by atoms with Crippen LogP contribution >= 0.6 is 7.82 Å². The molecule has 3 N–H and O–H groups in total. The van der Waals surface area contributed by atoms with Crippen molar-refractivity contribution in [2.75, 3.05) is 26.4 Å². The fourth-order valence-corrected chi connectivity index (χ4v) is 5.89. The van der Waals surface area contributed by atoms with Gasteiger partial charge in [-0.2, -0.15) is 0 Å². The Morgan fingerprint density at radius 3 is 1.65 bits per heavy atom. The average molecular weight is 752 g/mol. The molecular formula is C42H74NO8P. The Morgan fingerprint density at radius 2 is 1.10 bits per heavy atom. The maximum Gasteiger partial charge on any atom is 0.472 e. The molecule has 2 atom stereocenters. The van der Waals surface area contributed by atoms with Crippen molar-refractivity contribution in [1.82, 2.24) is 5.32 Å². The van der Waals surface area contributed by atoms with E-state index >= 15 is 0 Å². The van der Waals surface area contributed by atoms with Crippen LogP contribution in [0.5, 0.6) is 0 Å². The minimum atomic E-state index is -4.42. The number of phosphoric acid groups is 1. The highest BCUT2D eigenvalue weighted by Crippen LogP contribution is 2.42. The topological polar surface area (TPSA) is 131 Å². The lowest BCUT2D eigenvalue weighted by Crippen LogP contribution is -2.27. The van der Waals surface area contributed by atoms with E-state index in [1.54, 1.807) is 0 Å². The summed E-state index contributed by atoms with van der Waals surface area (Å²) in [7, 11) is -4.42. The Hall–Kier alpha value is -2.29. The van der Waals surface area contributed by atoms with E-state index in [1.165, 1.54) is 32.1 Å². The van der Waals surface area contributed by atoms with Crippen LogP contribution < -0.4 is 5.32 Å². The summed E-state index contributed by atoms with van der Waals surface area (Å²) in [4.78, 5) is 33.8. The molecular weight excluding hydrogens is 677 g/mol. The first-order chi connectivity index (χ1) is 25.3. The summed E-state index contributed by atoms with van der Waals surface area (Å²) in [5, 5.41) is 12.7. The van der Waals surface area contributed by atoms with Crippen LogP contribution in [0.1, 0.15) is 162 Å². The van der Waals surface area contributed by atoms with E-state index < -0.39 is 26.5 Å². The molecule has 10 heteroatoms. The number of hydrogen-bond donors (Lipinski definition) is 3. The Balaban J connectivity index is 3.67. The van der Waals surface area contributed by atoms with E-state index in [9.17, 15) is 24.2 Å². The maximum absolute atomic E-state index is 12.1. The van der Waals surface area contributed by atoms with E-state index in [0.29, 0.717) is 6.42 Å². The molecule has 0 aliphatic carbocycles. The Labute approximate surface area is 317 Å². The summed E-state index contributed by atoms with van der Waals surface area (Å²) in [6.07, 6.45) is 44.3. The van der Waals surface area contributed by atoms with E-state index in [1.807, 2.05) is 0 Å². The number of esters is 1. The number of phosphoric ester groups is 1. The van der Waals surface area contributed by atoms with E-state index in [-0.39, 0.29) is 32.1 Å². The number of hydrogen-bond acceptors (Lipinski definition) is 7. The molecule has 0 aromatic carbocycles. The normalized spacial score (nSPS) is 14.0. The molecule has 300 valence electrons. The lowest BCUT2D eigenvalue weighted by atomic mass is 10.1. The molecule has 52 heavy (non-hydrogen) atoms. The van der Waals surface area contributed by atoms with Crippen LogP contribution in [0.3, 0.4) is 0 Å². The molecule has 0 fully saturated rings. The standard InChI is InChI=1S/C42H74NO8P/c1-3-5-7-9-11-13-15-17-19-21-23-25-27-29-31-33-35-42(46)49-38-40(44)39-51-52(47,48)50-37-36-43-41(45)34-32-30-28-26-24-22-20-18-16-14-12-10-8-6-4-2/h6,8,12-15,18-21,40,44H,3-5,7,9-11,16-17,22-39H2,1-2H3,(H,43,45)(H,47,48)/b8-6-,14-12-,15-13-,20-18-,21-19-. The largest absolute Gasteiger partial charge is 0.472 e. The smallest absolute Gasteiger partial charge is 0.463 e. The van der Waals surface area contributed by atoms with Gasteiger partial charge >= 0.3 is 13.8 Å². The molecule has 0 aromatic rings. The summed E-state index contributed by atoms with van der Waals surface area (Å²) in [5.41, 5.74) is 0. The highest BCUT2D eigenvalue weighted by molar-refractivity contribution is 7.47. The van der Waals surface area contributed by atoms with Crippen LogP contribution in [0.25, 0.3) is 0 Å². The van der Waals surface area contributed by atoms with Crippen LogP contribution in [-0.4, -0.2) is 54.3 Å². The fraction of sp³-hybridized carbons (Fsp3) is 0.714. The molecule has 0 spiro atoms. The summed E-state index contributed by atoms with van der Waals surface area (Å²) < 4.78 is 26.8. The van der Waals surface area contributed by atoms with Gasteiger partial charge in [-0.15, -0.1) is 0 Å². The summed E-state index contributed by atoms with van der Waals surface area (Å²) in [6.45, 7) is 3.37. The Kier molecular flexibility index (Phi) is 36.7. The van der Waals surface area contributed by atoms with Gasteiger partial charge in [0.1, 0.15) is 12.7 Å². The van der Waals surface area contributed by atoms with Crippen LogP contribution in [-0.2, 0) is 27.9 Å². The van der Waals surface area contributed by atoms with Crippen molar-refractivity contribution in [3.63, 3.8) is 0 Å². The predicted molar refractivity (Wildman–Crippen MR) is 215 cm³/mol. The number of amides is 1. The molecule has 0 rings (SSSR count). The number of nitrogens with one attached hydrogen (secondary N) is 1. The Bertz CT molecular complexity index is 1040. The second kappa shape index (κ2) is 38.4. The van der Waals surface area contributed by atoms with Gasteiger partial charge in [0.15, 0.2) is 0 Å². The van der Waals surface area contributed by atoms with Crippen molar-refractivity contribution in [3.05, 3.63) is 60.8 Å². The lowest BCUT2D eigenvalue weighted by Gasteiger charge is -2.15. The number of ether oxygens (including phenoxy) is 1. The van der Waals surface area contributed by atoms with Gasteiger partial charge in [0, 0.05) is 19.4 Å². The van der Waals surface area contributed by atoms with E-state index in [4.69, 9.17) is 13.8 Å². The number of carbonyl (C=O) groups is 2. The van der Waals surface area contributed by atoms with Crippen LogP contribution in [0.2, 0.25) is 0 Å². The third-order valence-electron chi connectivity index (χ3n) is 8.18. The van der Waals surface area contributed by atoms with Crippen molar-refractivity contribution >= 4 is 19.7 Å². The predicted octanol–water partition coefficient (Wildman–Crippen LogP) is 10.9.